The van der Waals surface area contributed by atoms with Gasteiger partial charge in [-0.2, -0.15) is 0 Å². The van der Waals surface area contributed by atoms with Crippen molar-refractivity contribution < 1.29 is 26.8 Å². The molecule has 0 atom stereocenters. The maximum Gasteiger partial charge on any atom is 0.374 e. The maximum absolute atomic E-state index is 13.2. The van der Waals surface area contributed by atoms with Crippen LogP contribution >= 0.6 is 0 Å². The molecular formula is C19H16FNO5S. The number of hydrogen-bond acceptors (Lipinski definition) is 5. The standard InChI is InChI=1S/C19H16FNO5S/c1-2-25-19(22)18-17(13-5-9-15(10-6-13)27(21,23)24)16(11-26-18)12-3-7-14(20)8-4-12/h3-11H,2H2,1H3,(H2,21,23,24). The Balaban J connectivity index is 2.17. The van der Waals surface area contributed by atoms with E-state index in [1.165, 1.54) is 42.7 Å². The third-order valence-corrected chi connectivity index (χ3v) is 4.81. The molecule has 0 spiro atoms. The number of halogens is 1. The van der Waals surface area contributed by atoms with Crippen molar-refractivity contribution in [2.24, 2.45) is 5.14 Å². The lowest BCUT2D eigenvalue weighted by Gasteiger charge is -2.08. The summed E-state index contributed by atoms with van der Waals surface area (Å²) in [5.74, 6) is -1.08. The molecule has 3 aromatic rings. The van der Waals surface area contributed by atoms with Gasteiger partial charge in [0.2, 0.25) is 15.8 Å². The van der Waals surface area contributed by atoms with Crippen molar-refractivity contribution in [3.05, 3.63) is 66.4 Å². The van der Waals surface area contributed by atoms with Gasteiger partial charge in [0.15, 0.2) is 0 Å². The summed E-state index contributed by atoms with van der Waals surface area (Å²) in [6.45, 7) is 1.83. The third-order valence-electron chi connectivity index (χ3n) is 3.88. The number of sulfonamides is 1. The van der Waals surface area contributed by atoms with E-state index < -0.39 is 21.8 Å². The zero-order chi connectivity index (χ0) is 19.6. The van der Waals surface area contributed by atoms with E-state index in [9.17, 15) is 17.6 Å². The molecule has 0 fully saturated rings. The summed E-state index contributed by atoms with van der Waals surface area (Å²) in [4.78, 5) is 12.2. The van der Waals surface area contributed by atoms with Crippen LogP contribution in [0, 0.1) is 5.82 Å². The molecule has 8 heteroatoms. The Morgan fingerprint density at radius 1 is 1.07 bits per heavy atom. The van der Waals surface area contributed by atoms with Crippen LogP contribution < -0.4 is 5.14 Å². The van der Waals surface area contributed by atoms with Crippen molar-refractivity contribution in [1.29, 1.82) is 0 Å². The number of benzene rings is 2. The molecule has 0 unspecified atom stereocenters. The number of carbonyl (C=O) groups is 1. The summed E-state index contributed by atoms with van der Waals surface area (Å²) in [6.07, 6.45) is 1.38. The van der Waals surface area contributed by atoms with Crippen LogP contribution in [-0.2, 0) is 14.8 Å². The number of hydrogen-bond donors (Lipinski definition) is 1. The van der Waals surface area contributed by atoms with Crippen molar-refractivity contribution in [2.75, 3.05) is 6.61 Å². The normalized spacial score (nSPS) is 11.4. The highest BCUT2D eigenvalue weighted by Crippen LogP contribution is 2.37. The highest BCUT2D eigenvalue weighted by molar-refractivity contribution is 7.89. The summed E-state index contributed by atoms with van der Waals surface area (Å²) < 4.78 is 46.6. The Kier molecular flexibility index (Phi) is 5.11. The van der Waals surface area contributed by atoms with E-state index in [0.29, 0.717) is 22.3 Å². The molecule has 0 aliphatic heterocycles. The molecule has 1 aromatic heterocycles. The van der Waals surface area contributed by atoms with Crippen molar-refractivity contribution in [1.82, 2.24) is 0 Å². The molecule has 6 nitrogen and oxygen atoms in total. The molecule has 2 aromatic carbocycles. The van der Waals surface area contributed by atoms with Crippen LogP contribution in [0.2, 0.25) is 0 Å². The van der Waals surface area contributed by atoms with Gasteiger partial charge in [-0.1, -0.05) is 24.3 Å². The van der Waals surface area contributed by atoms with Crippen molar-refractivity contribution in [2.45, 2.75) is 11.8 Å². The van der Waals surface area contributed by atoms with E-state index in [1.807, 2.05) is 0 Å². The first-order chi connectivity index (χ1) is 12.8. The smallest absolute Gasteiger partial charge is 0.374 e. The second kappa shape index (κ2) is 7.34. The predicted octanol–water partition coefficient (Wildman–Crippen LogP) is 3.58. The number of nitrogens with two attached hydrogens (primary N) is 1. The molecule has 0 amide bonds. The van der Waals surface area contributed by atoms with E-state index in [1.54, 1.807) is 19.1 Å². The third kappa shape index (κ3) is 3.91. The fraction of sp³-hybridized carbons (Fsp3) is 0.105. The fourth-order valence-electron chi connectivity index (χ4n) is 2.64. The Hall–Kier alpha value is -2.97. The lowest BCUT2D eigenvalue weighted by atomic mass is 9.97. The van der Waals surface area contributed by atoms with Crippen molar-refractivity contribution in [3.63, 3.8) is 0 Å². The van der Waals surface area contributed by atoms with Gasteiger partial charge in [0, 0.05) is 11.1 Å². The van der Waals surface area contributed by atoms with Crippen LogP contribution in [0.1, 0.15) is 17.5 Å². The minimum atomic E-state index is -3.85. The summed E-state index contributed by atoms with van der Waals surface area (Å²) in [7, 11) is -3.85. The molecule has 0 radical (unpaired) electrons. The quantitative estimate of drug-likeness (QED) is 0.673. The highest BCUT2D eigenvalue weighted by Gasteiger charge is 2.24. The maximum atomic E-state index is 13.2. The average molecular weight is 389 g/mol. The van der Waals surface area contributed by atoms with Crippen LogP contribution in [0.25, 0.3) is 22.3 Å². The lowest BCUT2D eigenvalue weighted by molar-refractivity contribution is 0.0491. The summed E-state index contributed by atoms with van der Waals surface area (Å²) in [5, 5.41) is 5.12. The average Bonchev–Trinajstić information content (AvgIpc) is 3.07. The van der Waals surface area contributed by atoms with Crippen molar-refractivity contribution in [3.8, 4) is 22.3 Å². The second-order valence-corrected chi connectivity index (χ2v) is 7.21. The zero-order valence-electron chi connectivity index (χ0n) is 14.3. The number of ether oxygens (including phenoxy) is 1. The molecule has 3 rings (SSSR count). The van der Waals surface area contributed by atoms with E-state index >= 15 is 0 Å². The van der Waals surface area contributed by atoms with E-state index in [2.05, 4.69) is 0 Å². The van der Waals surface area contributed by atoms with Gasteiger partial charge in [-0.3, -0.25) is 0 Å². The molecule has 140 valence electrons. The van der Waals surface area contributed by atoms with Crippen LogP contribution in [0.15, 0.2) is 64.1 Å². The van der Waals surface area contributed by atoms with E-state index in [-0.39, 0.29) is 17.3 Å². The topological polar surface area (TPSA) is 99.6 Å². The summed E-state index contributed by atoms with van der Waals surface area (Å²) in [5.41, 5.74) is 2.11. The predicted molar refractivity (Wildman–Crippen MR) is 96.9 cm³/mol. The molecule has 0 saturated carbocycles. The minimum Gasteiger partial charge on any atom is -0.460 e. The first kappa shape index (κ1) is 18.8. The van der Waals surface area contributed by atoms with Crippen LogP contribution in [0.5, 0.6) is 0 Å². The summed E-state index contributed by atoms with van der Waals surface area (Å²) >= 11 is 0. The molecule has 0 aliphatic rings. The first-order valence-electron chi connectivity index (χ1n) is 7.99. The van der Waals surface area contributed by atoms with Gasteiger partial charge in [0.25, 0.3) is 0 Å². The van der Waals surface area contributed by atoms with Gasteiger partial charge in [0.05, 0.1) is 11.5 Å². The first-order valence-corrected chi connectivity index (χ1v) is 9.53. The van der Waals surface area contributed by atoms with Gasteiger partial charge in [-0.05, 0) is 42.3 Å². The molecular weight excluding hydrogens is 373 g/mol. The van der Waals surface area contributed by atoms with Crippen molar-refractivity contribution >= 4 is 16.0 Å². The van der Waals surface area contributed by atoms with Crippen LogP contribution in [0.3, 0.4) is 0 Å². The number of rotatable bonds is 5. The fourth-order valence-corrected chi connectivity index (χ4v) is 3.16. The number of carbonyl (C=O) groups excluding carboxylic acids is 1. The Morgan fingerprint density at radius 3 is 2.22 bits per heavy atom. The molecule has 0 aliphatic carbocycles. The van der Waals surface area contributed by atoms with Gasteiger partial charge in [-0.25, -0.2) is 22.7 Å². The van der Waals surface area contributed by atoms with Gasteiger partial charge in [-0.15, -0.1) is 0 Å². The Bertz CT molecular complexity index is 1070. The highest BCUT2D eigenvalue weighted by atomic mass is 32.2. The molecule has 2 N–H and O–H groups in total. The molecule has 0 bridgehead atoms. The van der Waals surface area contributed by atoms with Crippen LogP contribution in [-0.4, -0.2) is 21.0 Å². The SMILES string of the molecule is CCOC(=O)c1occ(-c2ccc(F)cc2)c1-c1ccc(S(N)(=O)=O)cc1. The number of primary sulfonamides is 1. The number of esters is 1. The van der Waals surface area contributed by atoms with Gasteiger partial charge >= 0.3 is 5.97 Å². The minimum absolute atomic E-state index is 0.0282. The van der Waals surface area contributed by atoms with E-state index in [4.69, 9.17) is 14.3 Å². The van der Waals surface area contributed by atoms with Crippen LogP contribution in [0.4, 0.5) is 4.39 Å². The second-order valence-electron chi connectivity index (χ2n) is 5.65. The molecule has 27 heavy (non-hydrogen) atoms. The summed E-state index contributed by atoms with van der Waals surface area (Å²) in [6, 6.07) is 11.4. The number of furan rings is 1. The lowest BCUT2D eigenvalue weighted by Crippen LogP contribution is -2.11. The molecule has 0 saturated heterocycles. The largest absolute Gasteiger partial charge is 0.460 e. The Morgan fingerprint density at radius 2 is 1.67 bits per heavy atom. The molecule has 1 heterocycles. The zero-order valence-corrected chi connectivity index (χ0v) is 15.1. The van der Waals surface area contributed by atoms with E-state index in [0.717, 1.165) is 0 Å². The van der Waals surface area contributed by atoms with Gasteiger partial charge in [0.1, 0.15) is 12.1 Å². The Labute approximate surface area is 155 Å². The van der Waals surface area contributed by atoms with Gasteiger partial charge < -0.3 is 9.15 Å². The monoisotopic (exact) mass is 389 g/mol.